The fourth-order valence-corrected chi connectivity index (χ4v) is 0.981. The minimum Gasteiger partial charge on any atom is -0.470 e. The Balaban J connectivity index is 0.000000631. The summed E-state index contributed by atoms with van der Waals surface area (Å²) in [6.45, 7) is 0.308. The van der Waals surface area contributed by atoms with Gasteiger partial charge in [0.2, 0.25) is 0 Å². The summed E-state index contributed by atoms with van der Waals surface area (Å²) in [6.07, 6.45) is 3.64. The predicted octanol–water partition coefficient (Wildman–Crippen LogP) is 1.70. The maximum absolute atomic E-state index is 9.09. The molecule has 0 atom stereocenters. The summed E-state index contributed by atoms with van der Waals surface area (Å²) in [7, 11) is 0. The fourth-order valence-electron chi connectivity index (χ4n) is 0.780. The number of anilines is 1. The molecule has 1 heterocycles. The quantitative estimate of drug-likeness (QED) is 0.444. The second-order valence-corrected chi connectivity index (χ2v) is 3.56. The molecule has 8 heteroatoms. The lowest BCUT2D eigenvalue weighted by atomic mass is 10.4. The number of nitrogens with zero attached hydrogens (tertiary/aromatic N) is 2. The summed E-state index contributed by atoms with van der Waals surface area (Å²) in [6, 6.07) is 5.58. The van der Waals surface area contributed by atoms with Gasteiger partial charge in [0.25, 0.3) is 10.4 Å². The third-order valence-electron chi connectivity index (χ3n) is 1.35. The zero-order valence-electron chi connectivity index (χ0n) is 9.37. The molecule has 0 bridgehead atoms. The number of ether oxygens (including phenoxy) is 1. The van der Waals surface area contributed by atoms with Crippen molar-refractivity contribution in [1.29, 1.82) is 5.26 Å². The highest BCUT2D eigenvalue weighted by Crippen LogP contribution is 2.03. The first-order valence-corrected chi connectivity index (χ1v) is 5.61. The van der Waals surface area contributed by atoms with Gasteiger partial charge in [-0.1, -0.05) is 12.6 Å². The zero-order valence-corrected chi connectivity index (χ0v) is 11.1. The van der Waals surface area contributed by atoms with Crippen LogP contribution in [0, 0.1) is 11.3 Å². The van der Waals surface area contributed by atoms with E-state index in [1.54, 1.807) is 18.5 Å². The van der Waals surface area contributed by atoms with Gasteiger partial charge < -0.3 is 15.8 Å². The number of rotatable bonds is 3. The lowest BCUT2D eigenvalue weighted by Gasteiger charge is -2.07. The SMILES string of the molecule is N#CCCOC(=S)Nc1cccnc1.NC(=O)S. The monoisotopic (exact) mass is 284 g/mol. The van der Waals surface area contributed by atoms with Crippen LogP contribution in [0.2, 0.25) is 0 Å². The number of primary amides is 1. The molecule has 0 aromatic carbocycles. The Kier molecular flexibility index (Phi) is 9.25. The predicted molar refractivity (Wildman–Crippen MR) is 75.2 cm³/mol. The van der Waals surface area contributed by atoms with E-state index in [4.69, 9.17) is 27.0 Å². The van der Waals surface area contributed by atoms with Crippen LogP contribution < -0.4 is 11.1 Å². The number of nitriles is 1. The molecule has 0 aliphatic heterocycles. The van der Waals surface area contributed by atoms with Crippen molar-refractivity contribution in [2.75, 3.05) is 11.9 Å². The number of nitrogens with one attached hydrogen (secondary N) is 1. The van der Waals surface area contributed by atoms with Crippen molar-refractivity contribution >= 4 is 40.9 Å². The van der Waals surface area contributed by atoms with Crippen molar-refractivity contribution < 1.29 is 9.53 Å². The van der Waals surface area contributed by atoms with Gasteiger partial charge in [0.05, 0.1) is 24.4 Å². The number of carbonyl (C=O) groups is 1. The molecule has 1 rings (SSSR count). The van der Waals surface area contributed by atoms with Crippen LogP contribution >= 0.6 is 24.8 Å². The number of aromatic nitrogens is 1. The van der Waals surface area contributed by atoms with E-state index in [1.807, 2.05) is 12.1 Å². The molecule has 0 saturated heterocycles. The third-order valence-corrected chi connectivity index (χ3v) is 1.57. The van der Waals surface area contributed by atoms with Gasteiger partial charge in [-0.2, -0.15) is 5.26 Å². The highest BCUT2D eigenvalue weighted by atomic mass is 32.1. The summed E-state index contributed by atoms with van der Waals surface area (Å²) < 4.78 is 5.06. The standard InChI is InChI=1S/C9H9N3OS.CH3NOS/c10-4-2-6-13-9(14)12-8-3-1-5-11-7-8;2-1(3)4/h1,3,5,7H,2,6H2,(H,12,14);(H3,2,3,4). The number of amides is 1. The molecule has 0 aliphatic carbocycles. The molecular formula is C10H12N4O2S2. The second-order valence-electron chi connectivity index (χ2n) is 2.75. The minimum absolute atomic E-state index is 0.258. The van der Waals surface area contributed by atoms with Gasteiger partial charge in [-0.15, -0.1) is 0 Å². The molecule has 0 saturated carbocycles. The largest absolute Gasteiger partial charge is 0.470 e. The number of pyridine rings is 1. The first kappa shape index (κ1) is 16.1. The Bertz CT molecular complexity index is 416. The van der Waals surface area contributed by atoms with Crippen molar-refractivity contribution in [2.45, 2.75) is 6.42 Å². The maximum atomic E-state index is 9.09. The van der Waals surface area contributed by atoms with Gasteiger partial charge in [0, 0.05) is 6.20 Å². The van der Waals surface area contributed by atoms with Gasteiger partial charge >= 0.3 is 0 Å². The smallest absolute Gasteiger partial charge is 0.273 e. The molecule has 0 fully saturated rings. The molecule has 0 unspecified atom stereocenters. The number of thiocarbonyl (C=S) groups is 1. The average Bonchev–Trinajstić information content (AvgIpc) is 2.30. The van der Waals surface area contributed by atoms with Crippen LogP contribution in [0.1, 0.15) is 6.42 Å². The van der Waals surface area contributed by atoms with Crippen LogP contribution in [-0.2, 0) is 4.74 Å². The van der Waals surface area contributed by atoms with E-state index in [9.17, 15) is 0 Å². The van der Waals surface area contributed by atoms with Crippen molar-refractivity contribution in [3.8, 4) is 6.07 Å². The van der Waals surface area contributed by atoms with Gasteiger partial charge in [0.1, 0.15) is 6.61 Å². The molecule has 1 amide bonds. The minimum atomic E-state index is -0.639. The number of hydrogen-bond donors (Lipinski definition) is 3. The summed E-state index contributed by atoms with van der Waals surface area (Å²) in [5, 5.41) is 10.7. The van der Waals surface area contributed by atoms with Crippen LogP contribution in [0.25, 0.3) is 0 Å². The number of carbonyl (C=O) groups excluding carboxylic acids is 1. The topological polar surface area (TPSA) is 101 Å². The van der Waals surface area contributed by atoms with E-state index in [0.29, 0.717) is 13.0 Å². The lowest BCUT2D eigenvalue weighted by molar-refractivity contribution is 0.267. The van der Waals surface area contributed by atoms with E-state index < -0.39 is 5.24 Å². The van der Waals surface area contributed by atoms with Gasteiger partial charge in [0.15, 0.2) is 0 Å². The second kappa shape index (κ2) is 10.3. The van der Waals surface area contributed by atoms with Crippen LogP contribution in [-0.4, -0.2) is 22.0 Å². The average molecular weight is 284 g/mol. The molecule has 6 nitrogen and oxygen atoms in total. The molecule has 0 aliphatic rings. The maximum Gasteiger partial charge on any atom is 0.273 e. The Morgan fingerprint density at radius 3 is 2.89 bits per heavy atom. The van der Waals surface area contributed by atoms with Crippen LogP contribution in [0.5, 0.6) is 0 Å². The molecule has 0 radical (unpaired) electrons. The van der Waals surface area contributed by atoms with Crippen molar-refractivity contribution in [3.63, 3.8) is 0 Å². The van der Waals surface area contributed by atoms with E-state index >= 15 is 0 Å². The first-order valence-electron chi connectivity index (χ1n) is 4.75. The molecule has 1 aromatic heterocycles. The van der Waals surface area contributed by atoms with E-state index in [1.165, 1.54) is 0 Å². The molecule has 1 aromatic rings. The molecule has 18 heavy (non-hydrogen) atoms. The summed E-state index contributed by atoms with van der Waals surface area (Å²) in [5.74, 6) is 0. The van der Waals surface area contributed by atoms with Gasteiger partial charge in [-0.05, 0) is 24.4 Å². The summed E-state index contributed by atoms with van der Waals surface area (Å²) in [5.41, 5.74) is 5.11. The molecule has 3 N–H and O–H groups in total. The van der Waals surface area contributed by atoms with E-state index in [-0.39, 0.29) is 5.17 Å². The van der Waals surface area contributed by atoms with Crippen LogP contribution in [0.4, 0.5) is 10.5 Å². The zero-order chi connectivity index (χ0) is 13.8. The van der Waals surface area contributed by atoms with Crippen LogP contribution in [0.15, 0.2) is 24.5 Å². The van der Waals surface area contributed by atoms with Gasteiger partial charge in [-0.25, -0.2) is 0 Å². The van der Waals surface area contributed by atoms with E-state index in [2.05, 4.69) is 28.7 Å². The fraction of sp³-hybridized carbons (Fsp3) is 0.200. The molecule has 0 spiro atoms. The highest BCUT2D eigenvalue weighted by molar-refractivity contribution is 7.96. The van der Waals surface area contributed by atoms with Gasteiger partial charge in [-0.3, -0.25) is 9.78 Å². The number of hydrogen-bond acceptors (Lipinski definition) is 5. The molecule has 96 valence electrons. The molecular weight excluding hydrogens is 272 g/mol. The summed E-state index contributed by atoms with van der Waals surface area (Å²) >= 11 is 7.98. The highest BCUT2D eigenvalue weighted by Gasteiger charge is 1.97. The number of thiol groups is 1. The lowest BCUT2D eigenvalue weighted by Crippen LogP contribution is -2.13. The Labute approximate surface area is 116 Å². The Morgan fingerprint density at radius 1 is 1.72 bits per heavy atom. The van der Waals surface area contributed by atoms with Crippen molar-refractivity contribution in [3.05, 3.63) is 24.5 Å². The Hall–Kier alpha value is -1.85. The van der Waals surface area contributed by atoms with Crippen LogP contribution in [0.3, 0.4) is 0 Å². The first-order chi connectivity index (χ1) is 8.56. The normalized spacial score (nSPS) is 8.22. The van der Waals surface area contributed by atoms with Crippen molar-refractivity contribution in [2.24, 2.45) is 5.73 Å². The number of nitrogens with two attached hydrogens (primary N) is 1. The van der Waals surface area contributed by atoms with Crippen molar-refractivity contribution in [1.82, 2.24) is 4.98 Å². The summed E-state index contributed by atoms with van der Waals surface area (Å²) in [4.78, 5) is 13.0. The Morgan fingerprint density at radius 2 is 2.39 bits per heavy atom. The van der Waals surface area contributed by atoms with E-state index in [0.717, 1.165) is 5.69 Å². The third kappa shape index (κ3) is 10.7.